The van der Waals surface area contributed by atoms with E-state index in [4.69, 9.17) is 0 Å². The highest BCUT2D eigenvalue weighted by molar-refractivity contribution is 5.91. The van der Waals surface area contributed by atoms with E-state index in [9.17, 15) is 19.2 Å². The second kappa shape index (κ2) is 16.3. The highest BCUT2D eigenvalue weighted by Gasteiger charge is 2.35. The Kier molecular flexibility index (Phi) is 11.6. The maximum Gasteiger partial charge on any atom is 0.322 e. The Morgan fingerprint density at radius 3 is 2.12 bits per heavy atom. The summed E-state index contributed by atoms with van der Waals surface area (Å²) in [6.07, 6.45) is 6.30. The first-order valence-electron chi connectivity index (χ1n) is 18.8. The number of hydrogen-bond acceptors (Lipinski definition) is 5. The summed E-state index contributed by atoms with van der Waals surface area (Å²) in [7, 11) is 0. The van der Waals surface area contributed by atoms with Crippen molar-refractivity contribution in [3.05, 3.63) is 64.7 Å². The van der Waals surface area contributed by atoms with Gasteiger partial charge in [0.1, 0.15) is 6.04 Å². The topological polar surface area (TPSA) is 109 Å². The summed E-state index contributed by atoms with van der Waals surface area (Å²) in [6, 6.07) is 13.9. The monoisotopic (exact) mass is 685 g/mol. The second-order valence-corrected chi connectivity index (χ2v) is 14.4. The fraction of sp³-hybridized carbons (Fsp3) is 0.590. The van der Waals surface area contributed by atoms with E-state index in [0.717, 1.165) is 75.1 Å². The number of piperazine rings is 1. The van der Waals surface area contributed by atoms with Crippen molar-refractivity contribution >= 4 is 29.6 Å². The molecule has 0 aromatic heterocycles. The van der Waals surface area contributed by atoms with Gasteiger partial charge in [0.25, 0.3) is 0 Å². The van der Waals surface area contributed by atoms with Gasteiger partial charge in [0.05, 0.1) is 0 Å². The molecule has 4 aliphatic heterocycles. The fourth-order valence-corrected chi connectivity index (χ4v) is 8.35. The zero-order valence-corrected chi connectivity index (χ0v) is 30.2. The first kappa shape index (κ1) is 35.7. The minimum Gasteiger partial charge on any atom is -0.341 e. The summed E-state index contributed by atoms with van der Waals surface area (Å²) in [6.45, 7) is 12.2. The van der Waals surface area contributed by atoms with Crippen LogP contribution in [-0.4, -0.2) is 125 Å². The molecule has 6 rings (SSSR count). The first-order valence-corrected chi connectivity index (χ1v) is 18.8. The summed E-state index contributed by atoms with van der Waals surface area (Å²) < 4.78 is 0. The van der Waals surface area contributed by atoms with E-state index < -0.39 is 6.04 Å². The number of likely N-dealkylation sites (tertiary alicyclic amines) is 2. The number of benzene rings is 2. The molecular weight excluding hydrogens is 630 g/mol. The van der Waals surface area contributed by atoms with Gasteiger partial charge in [-0.3, -0.25) is 14.5 Å². The number of hydrogen-bond donors (Lipinski definition) is 2. The predicted octanol–water partition coefficient (Wildman–Crippen LogP) is 4.14. The maximum atomic E-state index is 14.2. The normalized spacial score (nSPS) is 20.2. The number of fused-ring (bicyclic) bond motifs is 1. The highest BCUT2D eigenvalue weighted by atomic mass is 16.2. The van der Waals surface area contributed by atoms with Crippen LogP contribution in [0, 0.1) is 0 Å². The molecule has 11 heteroatoms. The SMILES string of the molecule is CCc1ccc(CC(NC(=O)N2CCC(N3CCc4ccccc4NC3=O)CC2)C(=O)N2CCC(N3CCN(C(C)=O)CC3)CC2)cc1CC. The lowest BCUT2D eigenvalue weighted by atomic mass is 9.95. The number of nitrogens with one attached hydrogen (secondary N) is 2. The molecule has 2 N–H and O–H groups in total. The van der Waals surface area contributed by atoms with E-state index >= 15 is 0 Å². The standard InChI is InChI=1S/C39H55N7O4/c1-4-30-11-10-29(26-31(30)5-2)27-36(37(48)44-17-13-33(14-18-44)43-24-22-42(23-25-43)28(3)47)41-38(49)45-19-15-34(16-20-45)46-21-12-32-8-6-7-9-35(32)40-39(46)50/h6-11,26,33-34,36H,4-5,12-25,27H2,1-3H3,(H,40,50)(H,41,49). The largest absolute Gasteiger partial charge is 0.341 e. The Labute approximate surface area is 297 Å². The molecule has 11 nitrogen and oxygen atoms in total. The average Bonchev–Trinajstić information content (AvgIpc) is 3.32. The third kappa shape index (κ3) is 8.25. The number of para-hydroxylation sites is 1. The van der Waals surface area contributed by atoms with Crippen LogP contribution in [0.4, 0.5) is 15.3 Å². The lowest BCUT2D eigenvalue weighted by molar-refractivity contribution is -0.136. The van der Waals surface area contributed by atoms with Crippen molar-refractivity contribution in [3.8, 4) is 0 Å². The molecule has 0 radical (unpaired) electrons. The van der Waals surface area contributed by atoms with Crippen LogP contribution in [0.3, 0.4) is 0 Å². The molecule has 3 saturated heterocycles. The minimum absolute atomic E-state index is 0.0218. The van der Waals surface area contributed by atoms with Crippen LogP contribution < -0.4 is 10.6 Å². The number of carbonyl (C=O) groups is 4. The van der Waals surface area contributed by atoms with Crippen LogP contribution in [0.15, 0.2) is 42.5 Å². The third-order valence-corrected chi connectivity index (χ3v) is 11.5. The van der Waals surface area contributed by atoms with Crippen LogP contribution >= 0.6 is 0 Å². The van der Waals surface area contributed by atoms with Crippen molar-refractivity contribution in [3.63, 3.8) is 0 Å². The molecule has 4 heterocycles. The molecule has 50 heavy (non-hydrogen) atoms. The van der Waals surface area contributed by atoms with Crippen LogP contribution in [0.1, 0.15) is 68.7 Å². The van der Waals surface area contributed by atoms with Crippen molar-refractivity contribution in [1.82, 2.24) is 29.8 Å². The van der Waals surface area contributed by atoms with Gasteiger partial charge < -0.3 is 30.2 Å². The van der Waals surface area contributed by atoms with Gasteiger partial charge in [-0.25, -0.2) is 9.59 Å². The Balaban J connectivity index is 1.08. The van der Waals surface area contributed by atoms with E-state index in [1.54, 1.807) is 6.92 Å². The van der Waals surface area contributed by atoms with Crippen molar-refractivity contribution < 1.29 is 19.2 Å². The van der Waals surface area contributed by atoms with Gasteiger partial charge in [0.2, 0.25) is 11.8 Å². The van der Waals surface area contributed by atoms with Gasteiger partial charge in [-0.1, -0.05) is 50.2 Å². The molecule has 1 unspecified atom stereocenters. The molecule has 4 aliphatic rings. The Morgan fingerprint density at radius 2 is 1.44 bits per heavy atom. The molecule has 6 amide bonds. The van der Waals surface area contributed by atoms with E-state index in [1.165, 1.54) is 11.1 Å². The molecule has 0 aliphatic carbocycles. The summed E-state index contributed by atoms with van der Waals surface area (Å²) >= 11 is 0. The fourth-order valence-electron chi connectivity index (χ4n) is 8.35. The van der Waals surface area contributed by atoms with Crippen molar-refractivity contribution in [2.45, 2.75) is 90.3 Å². The van der Waals surface area contributed by atoms with E-state index in [-0.39, 0.29) is 29.9 Å². The van der Waals surface area contributed by atoms with Gasteiger partial charge in [0, 0.05) is 90.0 Å². The molecule has 2 aromatic carbocycles. The van der Waals surface area contributed by atoms with Crippen LogP contribution in [0.5, 0.6) is 0 Å². The lowest BCUT2D eigenvalue weighted by Crippen LogP contribution is -2.58. The summed E-state index contributed by atoms with van der Waals surface area (Å²) in [5, 5.41) is 6.24. The molecule has 2 aromatic rings. The van der Waals surface area contributed by atoms with Crippen LogP contribution in [-0.2, 0) is 35.3 Å². The molecular formula is C39H55N7O4. The Morgan fingerprint density at radius 1 is 0.780 bits per heavy atom. The molecule has 0 saturated carbocycles. The second-order valence-electron chi connectivity index (χ2n) is 14.4. The van der Waals surface area contributed by atoms with Gasteiger partial charge in [-0.15, -0.1) is 0 Å². The van der Waals surface area contributed by atoms with E-state index in [2.05, 4.69) is 53.6 Å². The molecule has 0 spiro atoms. The zero-order valence-electron chi connectivity index (χ0n) is 30.2. The zero-order chi connectivity index (χ0) is 35.2. The van der Waals surface area contributed by atoms with Crippen LogP contribution in [0.2, 0.25) is 0 Å². The minimum atomic E-state index is -0.664. The maximum absolute atomic E-state index is 14.2. The van der Waals surface area contributed by atoms with Gasteiger partial charge in [-0.05, 0) is 73.3 Å². The molecule has 1 atom stereocenters. The smallest absolute Gasteiger partial charge is 0.322 e. The van der Waals surface area contributed by atoms with Gasteiger partial charge >= 0.3 is 12.1 Å². The number of carbonyl (C=O) groups excluding carboxylic acids is 4. The first-order chi connectivity index (χ1) is 24.2. The number of anilines is 1. The Bertz CT molecular complexity index is 1520. The van der Waals surface area contributed by atoms with Gasteiger partial charge in [0.15, 0.2) is 0 Å². The molecule has 0 bridgehead atoms. The van der Waals surface area contributed by atoms with Crippen molar-refractivity contribution in [2.24, 2.45) is 0 Å². The summed E-state index contributed by atoms with van der Waals surface area (Å²) in [5.41, 5.74) is 5.68. The van der Waals surface area contributed by atoms with E-state index in [1.807, 2.05) is 37.8 Å². The number of nitrogens with zero attached hydrogens (tertiary/aromatic N) is 5. The highest BCUT2D eigenvalue weighted by Crippen LogP contribution is 2.25. The van der Waals surface area contributed by atoms with Crippen molar-refractivity contribution in [2.75, 3.05) is 64.2 Å². The molecule has 3 fully saturated rings. The van der Waals surface area contributed by atoms with Crippen molar-refractivity contribution in [1.29, 1.82) is 0 Å². The number of piperidine rings is 2. The summed E-state index contributed by atoms with van der Waals surface area (Å²) in [4.78, 5) is 63.0. The quantitative estimate of drug-likeness (QED) is 0.435. The Hall–Kier alpha value is -4.12. The lowest BCUT2D eigenvalue weighted by Gasteiger charge is -2.43. The number of aryl methyl sites for hydroxylation is 2. The number of rotatable bonds is 8. The summed E-state index contributed by atoms with van der Waals surface area (Å²) in [5.74, 6) is 0.112. The third-order valence-electron chi connectivity index (χ3n) is 11.5. The average molecular weight is 686 g/mol. The van der Waals surface area contributed by atoms with E-state index in [0.29, 0.717) is 58.0 Å². The predicted molar refractivity (Wildman–Crippen MR) is 195 cm³/mol. The van der Waals surface area contributed by atoms with Crippen LogP contribution in [0.25, 0.3) is 0 Å². The number of urea groups is 2. The number of amides is 6. The van der Waals surface area contributed by atoms with Gasteiger partial charge in [-0.2, -0.15) is 0 Å². The molecule has 270 valence electrons.